The lowest BCUT2D eigenvalue weighted by molar-refractivity contribution is 0.0556. The first-order chi connectivity index (χ1) is 8.11. The summed E-state index contributed by atoms with van der Waals surface area (Å²) >= 11 is 3.39. The summed E-state index contributed by atoms with van der Waals surface area (Å²) in [5, 5.41) is 7.43. The van der Waals surface area contributed by atoms with Gasteiger partial charge in [0.05, 0.1) is 12.7 Å². The standard InChI is InChI=1S/C11H9BrN2O3/c1-6-3-4-8(12)7(5-6)9-13-14-10(17-9)11(15)16-2/h3-5H,1-2H3. The molecule has 1 aromatic carbocycles. The minimum atomic E-state index is -0.646. The van der Waals surface area contributed by atoms with Gasteiger partial charge in [-0.3, -0.25) is 0 Å². The molecule has 0 N–H and O–H groups in total. The number of ether oxygens (including phenoxy) is 1. The second kappa shape index (κ2) is 4.67. The van der Waals surface area contributed by atoms with Gasteiger partial charge in [-0.25, -0.2) is 4.79 Å². The normalized spacial score (nSPS) is 10.3. The summed E-state index contributed by atoms with van der Waals surface area (Å²) in [4.78, 5) is 11.2. The summed E-state index contributed by atoms with van der Waals surface area (Å²) in [6, 6.07) is 5.72. The zero-order valence-electron chi connectivity index (χ0n) is 9.23. The maximum Gasteiger partial charge on any atom is 0.396 e. The van der Waals surface area contributed by atoms with Crippen LogP contribution < -0.4 is 0 Å². The van der Waals surface area contributed by atoms with Crippen molar-refractivity contribution in [2.45, 2.75) is 6.92 Å². The molecule has 1 heterocycles. The number of esters is 1. The van der Waals surface area contributed by atoms with Gasteiger partial charge in [0.2, 0.25) is 5.89 Å². The third kappa shape index (κ3) is 2.36. The fourth-order valence-corrected chi connectivity index (χ4v) is 1.72. The average molecular weight is 297 g/mol. The largest absolute Gasteiger partial charge is 0.462 e. The number of methoxy groups -OCH3 is 1. The van der Waals surface area contributed by atoms with Crippen molar-refractivity contribution in [3.63, 3.8) is 0 Å². The molecule has 0 spiro atoms. The van der Waals surface area contributed by atoms with Crippen molar-refractivity contribution in [1.82, 2.24) is 10.2 Å². The molecule has 0 saturated carbocycles. The zero-order chi connectivity index (χ0) is 12.4. The summed E-state index contributed by atoms with van der Waals surface area (Å²) in [6.45, 7) is 1.95. The number of carbonyl (C=O) groups excluding carboxylic acids is 1. The smallest absolute Gasteiger partial charge is 0.396 e. The third-order valence-corrected chi connectivity index (χ3v) is 2.83. The average Bonchev–Trinajstić information content (AvgIpc) is 2.80. The van der Waals surface area contributed by atoms with Gasteiger partial charge in [-0.1, -0.05) is 11.6 Å². The predicted molar refractivity (Wildman–Crippen MR) is 63.5 cm³/mol. The van der Waals surface area contributed by atoms with E-state index in [9.17, 15) is 4.79 Å². The van der Waals surface area contributed by atoms with Crippen LogP contribution >= 0.6 is 15.9 Å². The van der Waals surface area contributed by atoms with Crippen LogP contribution in [-0.4, -0.2) is 23.3 Å². The van der Waals surface area contributed by atoms with Crippen LogP contribution in [-0.2, 0) is 4.74 Å². The molecule has 17 heavy (non-hydrogen) atoms. The van der Waals surface area contributed by atoms with Crippen LogP contribution in [0.15, 0.2) is 27.1 Å². The van der Waals surface area contributed by atoms with E-state index in [1.165, 1.54) is 7.11 Å². The zero-order valence-corrected chi connectivity index (χ0v) is 10.8. The third-order valence-electron chi connectivity index (χ3n) is 2.14. The Hall–Kier alpha value is -1.69. The topological polar surface area (TPSA) is 65.2 Å². The van der Waals surface area contributed by atoms with Crippen molar-refractivity contribution in [1.29, 1.82) is 0 Å². The number of rotatable bonds is 2. The van der Waals surface area contributed by atoms with Gasteiger partial charge in [-0.2, -0.15) is 0 Å². The van der Waals surface area contributed by atoms with Gasteiger partial charge in [0.1, 0.15) is 0 Å². The van der Waals surface area contributed by atoms with Crippen LogP contribution in [0.25, 0.3) is 11.5 Å². The number of benzene rings is 1. The molecule has 2 aromatic rings. The maximum atomic E-state index is 11.2. The number of aromatic nitrogens is 2. The second-order valence-corrected chi connectivity index (χ2v) is 4.24. The molecule has 0 atom stereocenters. The molecule has 0 radical (unpaired) electrons. The lowest BCUT2D eigenvalue weighted by Crippen LogP contribution is -2.00. The first kappa shape index (κ1) is 11.8. The summed E-state index contributed by atoms with van der Waals surface area (Å²) in [7, 11) is 1.26. The molecule has 0 amide bonds. The highest BCUT2D eigenvalue weighted by Gasteiger charge is 2.17. The van der Waals surface area contributed by atoms with E-state index in [4.69, 9.17) is 4.42 Å². The highest BCUT2D eigenvalue weighted by molar-refractivity contribution is 9.10. The predicted octanol–water partition coefficient (Wildman–Crippen LogP) is 2.59. The molecule has 0 saturated heterocycles. The van der Waals surface area contributed by atoms with E-state index in [0.717, 1.165) is 15.6 Å². The first-order valence-corrected chi connectivity index (χ1v) is 5.59. The molecule has 2 rings (SSSR count). The van der Waals surface area contributed by atoms with E-state index in [1.54, 1.807) is 0 Å². The molecule has 5 nitrogen and oxygen atoms in total. The molecule has 0 fully saturated rings. The van der Waals surface area contributed by atoms with Crippen molar-refractivity contribution in [2.75, 3.05) is 7.11 Å². The van der Waals surface area contributed by atoms with Crippen molar-refractivity contribution >= 4 is 21.9 Å². The number of hydrogen-bond acceptors (Lipinski definition) is 5. The van der Waals surface area contributed by atoms with Gasteiger partial charge in [0, 0.05) is 4.47 Å². The van der Waals surface area contributed by atoms with Gasteiger partial charge in [0.25, 0.3) is 0 Å². The Kier molecular flexibility index (Phi) is 3.23. The van der Waals surface area contributed by atoms with E-state index < -0.39 is 5.97 Å². The molecule has 0 aliphatic rings. The van der Waals surface area contributed by atoms with Crippen LogP contribution in [0.2, 0.25) is 0 Å². The van der Waals surface area contributed by atoms with Crippen molar-refractivity contribution in [3.8, 4) is 11.5 Å². The molecule has 88 valence electrons. The van der Waals surface area contributed by atoms with Crippen molar-refractivity contribution in [3.05, 3.63) is 34.1 Å². The van der Waals surface area contributed by atoms with Gasteiger partial charge in [-0.15, -0.1) is 10.2 Å². The van der Waals surface area contributed by atoms with E-state index in [1.807, 2.05) is 25.1 Å². The van der Waals surface area contributed by atoms with Gasteiger partial charge < -0.3 is 9.15 Å². The van der Waals surface area contributed by atoms with E-state index >= 15 is 0 Å². The summed E-state index contributed by atoms with van der Waals surface area (Å²) in [5.74, 6) is -0.524. The van der Waals surface area contributed by atoms with E-state index in [0.29, 0.717) is 0 Å². The number of halogens is 1. The summed E-state index contributed by atoms with van der Waals surface area (Å²) in [6.07, 6.45) is 0. The Morgan fingerprint density at radius 1 is 1.41 bits per heavy atom. The lowest BCUT2D eigenvalue weighted by atomic mass is 10.1. The molecular formula is C11H9BrN2O3. The first-order valence-electron chi connectivity index (χ1n) is 4.80. The lowest BCUT2D eigenvalue weighted by Gasteiger charge is -2.00. The fraction of sp³-hybridized carbons (Fsp3) is 0.182. The molecule has 0 aliphatic heterocycles. The van der Waals surface area contributed by atoms with Crippen LogP contribution in [0.3, 0.4) is 0 Å². The highest BCUT2D eigenvalue weighted by Crippen LogP contribution is 2.28. The van der Waals surface area contributed by atoms with Crippen LogP contribution in [0, 0.1) is 6.92 Å². The van der Waals surface area contributed by atoms with E-state index in [-0.39, 0.29) is 11.8 Å². The Labute approximate surface area is 106 Å². The molecule has 0 unspecified atom stereocenters. The van der Waals surface area contributed by atoms with Gasteiger partial charge >= 0.3 is 11.9 Å². The molecule has 0 bridgehead atoms. The molecule has 0 aliphatic carbocycles. The Morgan fingerprint density at radius 2 is 2.18 bits per heavy atom. The van der Waals surface area contributed by atoms with Crippen molar-refractivity contribution in [2.24, 2.45) is 0 Å². The SMILES string of the molecule is COC(=O)c1nnc(-c2cc(C)ccc2Br)o1. The van der Waals surface area contributed by atoms with Crippen LogP contribution in [0.1, 0.15) is 16.2 Å². The highest BCUT2D eigenvalue weighted by atomic mass is 79.9. The number of aryl methyl sites for hydroxylation is 1. The van der Waals surface area contributed by atoms with Crippen LogP contribution in [0.5, 0.6) is 0 Å². The second-order valence-electron chi connectivity index (χ2n) is 3.39. The monoisotopic (exact) mass is 296 g/mol. The van der Waals surface area contributed by atoms with E-state index in [2.05, 4.69) is 30.9 Å². The Balaban J connectivity index is 2.43. The van der Waals surface area contributed by atoms with Gasteiger partial charge in [0.15, 0.2) is 0 Å². The van der Waals surface area contributed by atoms with Crippen LogP contribution in [0.4, 0.5) is 0 Å². The van der Waals surface area contributed by atoms with Gasteiger partial charge in [-0.05, 0) is 35.0 Å². The fourth-order valence-electron chi connectivity index (χ4n) is 1.30. The Bertz CT molecular complexity index is 566. The quantitative estimate of drug-likeness (QED) is 0.797. The number of carbonyl (C=O) groups is 1. The Morgan fingerprint density at radius 3 is 2.88 bits per heavy atom. The summed E-state index contributed by atoms with van der Waals surface area (Å²) in [5.41, 5.74) is 1.80. The summed E-state index contributed by atoms with van der Waals surface area (Å²) < 4.78 is 10.5. The molecular weight excluding hydrogens is 288 g/mol. The number of nitrogens with zero attached hydrogens (tertiary/aromatic N) is 2. The minimum Gasteiger partial charge on any atom is -0.462 e. The number of hydrogen-bond donors (Lipinski definition) is 0. The van der Waals surface area contributed by atoms with Crippen molar-refractivity contribution < 1.29 is 13.9 Å². The minimum absolute atomic E-state index is 0.157. The maximum absolute atomic E-state index is 11.2. The molecule has 6 heteroatoms. The molecule has 1 aromatic heterocycles.